The van der Waals surface area contributed by atoms with Gasteiger partial charge in [0.1, 0.15) is 5.75 Å². The molecule has 2 aromatic carbocycles. The van der Waals surface area contributed by atoms with Crippen LogP contribution in [0.1, 0.15) is 23.6 Å². The quantitative estimate of drug-likeness (QED) is 0.325. The summed E-state index contributed by atoms with van der Waals surface area (Å²) in [6, 6.07) is 13.3. The molecule has 1 amide bonds. The van der Waals surface area contributed by atoms with E-state index in [0.29, 0.717) is 29.2 Å². The molecule has 6 nitrogen and oxygen atoms in total. The van der Waals surface area contributed by atoms with Crippen molar-refractivity contribution in [3.8, 4) is 5.75 Å². The summed E-state index contributed by atoms with van der Waals surface area (Å²) in [6.45, 7) is 1.10. The Morgan fingerprint density at radius 2 is 2.00 bits per heavy atom. The van der Waals surface area contributed by atoms with Gasteiger partial charge in [0.2, 0.25) is 5.91 Å². The van der Waals surface area contributed by atoms with Crippen molar-refractivity contribution in [2.45, 2.75) is 19.0 Å². The van der Waals surface area contributed by atoms with Gasteiger partial charge in [0.05, 0.1) is 25.7 Å². The molecule has 0 radical (unpaired) electrons. The second-order valence-electron chi connectivity index (χ2n) is 6.91. The highest BCUT2D eigenvalue weighted by molar-refractivity contribution is 14.0. The molecule has 162 valence electrons. The number of hydrogen-bond donors (Lipinski definition) is 2. The van der Waals surface area contributed by atoms with Crippen molar-refractivity contribution in [2.75, 3.05) is 27.2 Å². The Hall–Kier alpha value is -1.71. The van der Waals surface area contributed by atoms with Crippen LogP contribution in [-0.2, 0) is 11.3 Å². The number of para-hydroxylation sites is 1. The number of carbonyl (C=O) groups excluding carboxylic acids is 1. The molecule has 1 aliphatic heterocycles. The molecule has 9 heteroatoms. The maximum Gasteiger partial charge on any atom is 0.241 e. The Morgan fingerprint density at radius 3 is 2.73 bits per heavy atom. The molecule has 1 heterocycles. The summed E-state index contributed by atoms with van der Waals surface area (Å²) in [7, 11) is 3.44. The molecule has 0 saturated carbocycles. The fourth-order valence-corrected chi connectivity index (χ4v) is 3.41. The molecule has 30 heavy (non-hydrogen) atoms. The molecule has 1 atom stereocenters. The van der Waals surface area contributed by atoms with Crippen molar-refractivity contribution in [2.24, 2.45) is 4.99 Å². The van der Waals surface area contributed by atoms with Gasteiger partial charge in [-0.2, -0.15) is 0 Å². The first-order valence-electron chi connectivity index (χ1n) is 9.34. The Labute approximate surface area is 204 Å². The molecule has 2 aromatic rings. The van der Waals surface area contributed by atoms with E-state index in [1.807, 2.05) is 30.3 Å². The molecule has 0 spiro atoms. The summed E-state index contributed by atoms with van der Waals surface area (Å²) in [4.78, 5) is 18.2. The van der Waals surface area contributed by atoms with E-state index in [-0.39, 0.29) is 42.5 Å². The second kappa shape index (κ2) is 11.6. The Balaban J connectivity index is 0.00000320. The van der Waals surface area contributed by atoms with E-state index >= 15 is 0 Å². The molecule has 1 unspecified atom stereocenters. The zero-order valence-corrected chi connectivity index (χ0v) is 20.7. The smallest absolute Gasteiger partial charge is 0.241 e. The minimum absolute atomic E-state index is 0. The fraction of sp³-hybridized carbons (Fsp3) is 0.333. The molecule has 3 rings (SSSR count). The molecule has 1 aliphatic rings. The van der Waals surface area contributed by atoms with Crippen molar-refractivity contribution in [1.82, 2.24) is 15.5 Å². The molecule has 0 saturated heterocycles. The highest BCUT2D eigenvalue weighted by Crippen LogP contribution is 2.31. The van der Waals surface area contributed by atoms with Crippen LogP contribution < -0.4 is 15.4 Å². The lowest BCUT2D eigenvalue weighted by Gasteiger charge is -2.28. The van der Waals surface area contributed by atoms with Crippen LogP contribution in [0.25, 0.3) is 0 Å². The second-order valence-corrected chi connectivity index (χ2v) is 7.76. The minimum atomic E-state index is -0.0450. The van der Waals surface area contributed by atoms with E-state index in [9.17, 15) is 4.79 Å². The Kier molecular flexibility index (Phi) is 9.51. The van der Waals surface area contributed by atoms with Gasteiger partial charge in [-0.3, -0.25) is 4.79 Å². The monoisotopic (exact) mass is 562 g/mol. The highest BCUT2D eigenvalue weighted by Gasteiger charge is 2.22. The Bertz CT molecular complexity index is 908. The van der Waals surface area contributed by atoms with Gasteiger partial charge in [-0.15, -0.1) is 24.0 Å². The lowest BCUT2D eigenvalue weighted by atomic mass is 10.0. The van der Waals surface area contributed by atoms with Crippen molar-refractivity contribution in [3.63, 3.8) is 0 Å². The lowest BCUT2D eigenvalue weighted by molar-refractivity contribution is -0.127. The number of aliphatic imine (C=N–C) groups is 1. The van der Waals surface area contributed by atoms with Gasteiger partial charge in [-0.25, -0.2) is 4.99 Å². The third kappa shape index (κ3) is 6.65. The molecule has 0 bridgehead atoms. The van der Waals surface area contributed by atoms with Crippen LogP contribution in [0, 0.1) is 0 Å². The van der Waals surface area contributed by atoms with E-state index in [2.05, 4.69) is 15.6 Å². The number of ether oxygens (including phenoxy) is 1. The third-order valence-electron chi connectivity index (χ3n) is 4.60. The summed E-state index contributed by atoms with van der Waals surface area (Å²) in [5, 5.41) is 7.68. The van der Waals surface area contributed by atoms with Crippen molar-refractivity contribution in [1.29, 1.82) is 0 Å². The van der Waals surface area contributed by atoms with Crippen LogP contribution in [0.2, 0.25) is 10.0 Å². The van der Waals surface area contributed by atoms with E-state index in [4.69, 9.17) is 27.9 Å². The summed E-state index contributed by atoms with van der Waals surface area (Å²) < 4.78 is 5.73. The van der Waals surface area contributed by atoms with Gasteiger partial charge in [0, 0.05) is 36.1 Å². The number of benzene rings is 2. The predicted octanol–water partition coefficient (Wildman–Crippen LogP) is 4.26. The van der Waals surface area contributed by atoms with Crippen molar-refractivity contribution in [3.05, 3.63) is 63.6 Å². The summed E-state index contributed by atoms with van der Waals surface area (Å²) in [5.41, 5.74) is 1.92. The number of halogens is 3. The van der Waals surface area contributed by atoms with E-state index < -0.39 is 0 Å². The van der Waals surface area contributed by atoms with E-state index in [0.717, 1.165) is 23.3 Å². The first-order chi connectivity index (χ1) is 13.9. The van der Waals surface area contributed by atoms with Crippen molar-refractivity contribution >= 4 is 59.0 Å². The summed E-state index contributed by atoms with van der Waals surface area (Å²) in [6.07, 6.45) is 0.793. The normalized spacial score (nSPS) is 15.3. The number of amides is 1. The molecular formula is C21H25Cl2IN4O2. The van der Waals surface area contributed by atoms with Gasteiger partial charge in [-0.05, 0) is 23.8 Å². The standard InChI is InChI=1S/C21H24Cl2N4O2.HI/c1-27(2)20(28)13-25-21(24-12-14-7-8-15(22)11-17(14)23)26-18-9-10-29-19-6-4-3-5-16(18)19;/h3-8,11,18H,9-10,12-13H2,1-2H3,(H2,24,25,26);1H. The highest BCUT2D eigenvalue weighted by atomic mass is 127. The fourth-order valence-electron chi connectivity index (χ4n) is 2.94. The van der Waals surface area contributed by atoms with Crippen LogP contribution in [0.4, 0.5) is 0 Å². The van der Waals surface area contributed by atoms with E-state index in [1.165, 1.54) is 4.90 Å². The van der Waals surface area contributed by atoms with Gasteiger partial charge in [-0.1, -0.05) is 47.5 Å². The SMILES string of the molecule is CN(C)C(=O)CNC(=NCc1ccc(Cl)cc1Cl)NC1CCOc2ccccc21.I. The molecule has 2 N–H and O–H groups in total. The average Bonchev–Trinajstić information content (AvgIpc) is 2.70. The van der Waals surface area contributed by atoms with Crippen molar-refractivity contribution < 1.29 is 9.53 Å². The number of likely N-dealkylation sites (N-methyl/N-ethyl adjacent to an activating group) is 1. The number of guanidine groups is 1. The van der Waals surface area contributed by atoms with Crippen LogP contribution in [0.5, 0.6) is 5.75 Å². The minimum Gasteiger partial charge on any atom is -0.493 e. The number of rotatable bonds is 5. The maximum atomic E-state index is 12.0. The maximum absolute atomic E-state index is 12.0. The Morgan fingerprint density at radius 1 is 1.23 bits per heavy atom. The molecular weight excluding hydrogens is 538 g/mol. The number of hydrogen-bond acceptors (Lipinski definition) is 3. The zero-order chi connectivity index (χ0) is 20.8. The van der Waals surface area contributed by atoms with Crippen LogP contribution >= 0.6 is 47.2 Å². The van der Waals surface area contributed by atoms with E-state index in [1.54, 1.807) is 26.2 Å². The molecule has 0 aliphatic carbocycles. The number of carbonyl (C=O) groups is 1. The van der Waals surface area contributed by atoms with Crippen LogP contribution in [-0.4, -0.2) is 44.0 Å². The van der Waals surface area contributed by atoms with Gasteiger partial charge < -0.3 is 20.3 Å². The number of nitrogens with one attached hydrogen (secondary N) is 2. The molecule has 0 aromatic heterocycles. The summed E-state index contributed by atoms with van der Waals surface area (Å²) in [5.74, 6) is 1.35. The largest absolute Gasteiger partial charge is 0.493 e. The van der Waals surface area contributed by atoms with Crippen LogP contribution in [0.3, 0.4) is 0 Å². The van der Waals surface area contributed by atoms with Gasteiger partial charge in [0.15, 0.2) is 5.96 Å². The zero-order valence-electron chi connectivity index (χ0n) is 16.8. The lowest BCUT2D eigenvalue weighted by Crippen LogP contribution is -2.45. The first kappa shape index (κ1) is 24.6. The first-order valence-corrected chi connectivity index (χ1v) is 10.1. The number of nitrogens with zero attached hydrogens (tertiary/aromatic N) is 2. The molecule has 0 fully saturated rings. The summed E-state index contributed by atoms with van der Waals surface area (Å²) >= 11 is 12.2. The van der Waals surface area contributed by atoms with Crippen LogP contribution in [0.15, 0.2) is 47.5 Å². The van der Waals surface area contributed by atoms with Gasteiger partial charge in [0.25, 0.3) is 0 Å². The average molecular weight is 563 g/mol. The third-order valence-corrected chi connectivity index (χ3v) is 5.18. The number of fused-ring (bicyclic) bond motifs is 1. The van der Waals surface area contributed by atoms with Gasteiger partial charge >= 0.3 is 0 Å². The predicted molar refractivity (Wildman–Crippen MR) is 132 cm³/mol. The topological polar surface area (TPSA) is 66.0 Å².